The fraction of sp³-hybridized carbons (Fsp3) is 0.0588. The van der Waals surface area contributed by atoms with Crippen LogP contribution in [0.25, 0.3) is 0 Å². The Bertz CT molecular complexity index is 1130. The van der Waals surface area contributed by atoms with Crippen LogP contribution in [0.5, 0.6) is 0 Å². The van der Waals surface area contributed by atoms with E-state index in [1.54, 1.807) is 0 Å². The van der Waals surface area contributed by atoms with Crippen molar-refractivity contribution in [3.05, 3.63) is 68.8 Å². The third-order valence-corrected chi connectivity index (χ3v) is 4.16. The Morgan fingerprint density at radius 1 is 1.03 bits per heavy atom. The number of amides is 3. The summed E-state index contributed by atoms with van der Waals surface area (Å²) in [6, 6.07) is 9.40. The first kappa shape index (κ1) is 20.1. The van der Waals surface area contributed by atoms with Crippen molar-refractivity contribution < 1.29 is 29.4 Å². The number of carbonyl (C=O) groups excluding carboxylic acids is 3. The number of imide groups is 1. The van der Waals surface area contributed by atoms with E-state index in [0.717, 1.165) is 18.2 Å². The van der Waals surface area contributed by atoms with Gasteiger partial charge in [-0.1, -0.05) is 17.3 Å². The third-order valence-electron chi connectivity index (χ3n) is 4.16. The second kappa shape index (κ2) is 7.75. The molecule has 3 rings (SSSR count). The Morgan fingerprint density at radius 2 is 1.63 bits per heavy atom. The molecule has 0 aromatic heterocycles. The van der Waals surface area contributed by atoms with E-state index in [1.807, 2.05) is 0 Å². The van der Waals surface area contributed by atoms with Gasteiger partial charge < -0.3 is 10.5 Å². The number of carbonyl (C=O) groups is 3. The van der Waals surface area contributed by atoms with Crippen LogP contribution in [0.3, 0.4) is 0 Å². The van der Waals surface area contributed by atoms with Gasteiger partial charge in [-0.15, -0.1) is 0 Å². The van der Waals surface area contributed by atoms with Crippen molar-refractivity contribution >= 4 is 46.2 Å². The lowest BCUT2D eigenvalue weighted by atomic mass is 10.1. The number of hydrogen-bond acceptors (Lipinski definition) is 9. The monoisotopic (exact) mass is 413 g/mol. The lowest BCUT2D eigenvalue weighted by Gasteiger charge is -2.14. The summed E-state index contributed by atoms with van der Waals surface area (Å²) in [4.78, 5) is 58.7. The molecule has 3 amide bonds. The van der Waals surface area contributed by atoms with E-state index in [4.69, 9.17) is 0 Å². The van der Waals surface area contributed by atoms with Crippen molar-refractivity contribution in [2.45, 2.75) is 0 Å². The molecule has 152 valence electrons. The normalized spacial score (nSPS) is 17.3. The summed E-state index contributed by atoms with van der Waals surface area (Å²) in [7, 11) is 0. The summed E-state index contributed by atoms with van der Waals surface area (Å²) in [6.45, 7) is 0. The van der Waals surface area contributed by atoms with E-state index in [-0.39, 0.29) is 17.1 Å². The molecule has 0 spiro atoms. The number of non-ortho nitro benzene ring substituents is 2. The van der Waals surface area contributed by atoms with E-state index < -0.39 is 44.9 Å². The van der Waals surface area contributed by atoms with Crippen molar-refractivity contribution in [3.63, 3.8) is 0 Å². The van der Waals surface area contributed by atoms with Gasteiger partial charge >= 0.3 is 0 Å². The number of anilines is 2. The van der Waals surface area contributed by atoms with E-state index in [0.29, 0.717) is 4.90 Å². The molecule has 1 atom stereocenters. The van der Waals surface area contributed by atoms with Gasteiger partial charge in [0.25, 0.3) is 23.2 Å². The minimum Gasteiger partial charge on any atom is -0.410 e. The fourth-order valence-electron chi connectivity index (χ4n) is 2.82. The maximum absolute atomic E-state index is 12.7. The summed E-state index contributed by atoms with van der Waals surface area (Å²) in [5, 5.41) is 36.0. The van der Waals surface area contributed by atoms with Gasteiger partial charge in [-0.25, -0.2) is 4.90 Å². The van der Waals surface area contributed by atoms with Crippen LogP contribution in [-0.2, 0) is 14.4 Å². The molecule has 0 aliphatic carbocycles. The number of nitro benzene ring substituents is 2. The average molecular weight is 413 g/mol. The first-order valence-electron chi connectivity index (χ1n) is 8.14. The van der Waals surface area contributed by atoms with Crippen LogP contribution in [0.1, 0.15) is 0 Å². The molecule has 1 fully saturated rings. The second-order valence-electron chi connectivity index (χ2n) is 5.97. The molecule has 30 heavy (non-hydrogen) atoms. The van der Waals surface area contributed by atoms with E-state index in [2.05, 4.69) is 10.5 Å². The number of benzene rings is 2. The van der Waals surface area contributed by atoms with Gasteiger partial charge in [0.05, 0.1) is 15.5 Å². The maximum atomic E-state index is 12.7. The zero-order valence-electron chi connectivity index (χ0n) is 14.8. The Hall–Kier alpha value is -4.68. The third kappa shape index (κ3) is 3.54. The highest BCUT2D eigenvalue weighted by atomic mass is 16.6. The smallest absolute Gasteiger partial charge is 0.284 e. The molecule has 1 aliphatic heterocycles. The minimum atomic E-state index is -1.86. The lowest BCUT2D eigenvalue weighted by molar-refractivity contribution is -0.385. The summed E-state index contributed by atoms with van der Waals surface area (Å²) < 4.78 is 0. The van der Waals surface area contributed by atoms with Gasteiger partial charge in [-0.2, -0.15) is 0 Å². The number of nitrogens with zero attached hydrogens (tertiary/aromatic N) is 4. The summed E-state index contributed by atoms with van der Waals surface area (Å²) in [5.74, 6) is -5.17. The predicted octanol–water partition coefficient (Wildman–Crippen LogP) is 1.46. The summed E-state index contributed by atoms with van der Waals surface area (Å²) in [5.41, 5.74) is -1.74. The molecule has 2 aromatic rings. The Balaban J connectivity index is 1.93. The predicted molar refractivity (Wildman–Crippen MR) is 100 cm³/mol. The number of nitro groups is 2. The van der Waals surface area contributed by atoms with Gasteiger partial charge in [0.15, 0.2) is 11.6 Å². The van der Waals surface area contributed by atoms with Crippen LogP contribution in [0.15, 0.2) is 53.7 Å². The van der Waals surface area contributed by atoms with E-state index in [1.165, 1.54) is 30.3 Å². The van der Waals surface area contributed by atoms with Crippen LogP contribution in [0.2, 0.25) is 0 Å². The zero-order valence-corrected chi connectivity index (χ0v) is 14.8. The van der Waals surface area contributed by atoms with Gasteiger partial charge in [0, 0.05) is 30.0 Å². The second-order valence-corrected chi connectivity index (χ2v) is 5.97. The van der Waals surface area contributed by atoms with Crippen molar-refractivity contribution in [3.8, 4) is 0 Å². The molecule has 1 saturated heterocycles. The molecule has 2 N–H and O–H groups in total. The fourth-order valence-corrected chi connectivity index (χ4v) is 2.82. The number of hydrogen-bond donors (Lipinski definition) is 2. The number of nitrogens with one attached hydrogen (secondary N) is 1. The van der Waals surface area contributed by atoms with Gasteiger partial charge in [-0.3, -0.25) is 34.6 Å². The summed E-state index contributed by atoms with van der Waals surface area (Å²) >= 11 is 0. The standard InChI is InChI=1S/C17H11N5O8/c23-15(18-9-3-1-5-11(7-9)21(27)28)13-14(19-26)17(25)20(16(13)24)10-4-2-6-12(8-10)22(29)30/h1-8,13,26H,(H,18,23)/b19-14+/t13-/m1/s1. The van der Waals surface area contributed by atoms with Crippen molar-refractivity contribution in [2.75, 3.05) is 10.2 Å². The van der Waals surface area contributed by atoms with Gasteiger partial charge in [0.2, 0.25) is 5.91 Å². The molecule has 0 unspecified atom stereocenters. The highest BCUT2D eigenvalue weighted by Gasteiger charge is 2.50. The largest absolute Gasteiger partial charge is 0.410 e. The van der Waals surface area contributed by atoms with Crippen LogP contribution < -0.4 is 10.2 Å². The molecule has 1 heterocycles. The Kier molecular flexibility index (Phi) is 5.18. The van der Waals surface area contributed by atoms with Crippen molar-refractivity contribution in [1.29, 1.82) is 0 Å². The molecule has 1 aliphatic rings. The van der Waals surface area contributed by atoms with Crippen molar-refractivity contribution in [2.24, 2.45) is 11.1 Å². The summed E-state index contributed by atoms with van der Waals surface area (Å²) in [6.07, 6.45) is 0. The molecule has 2 aromatic carbocycles. The lowest BCUT2D eigenvalue weighted by Crippen LogP contribution is -2.34. The molecule has 0 bridgehead atoms. The number of oxime groups is 1. The highest BCUT2D eigenvalue weighted by molar-refractivity contribution is 6.61. The highest BCUT2D eigenvalue weighted by Crippen LogP contribution is 2.29. The Labute approximate surface area is 166 Å². The maximum Gasteiger partial charge on any atom is 0.284 e. The van der Waals surface area contributed by atoms with E-state index in [9.17, 15) is 39.8 Å². The van der Waals surface area contributed by atoms with Crippen LogP contribution in [0, 0.1) is 26.1 Å². The average Bonchev–Trinajstić information content (AvgIpc) is 2.97. The molecule has 0 radical (unpaired) electrons. The topological polar surface area (TPSA) is 185 Å². The Morgan fingerprint density at radius 3 is 2.23 bits per heavy atom. The molecular formula is C17H11N5O8. The molecular weight excluding hydrogens is 402 g/mol. The first-order valence-corrected chi connectivity index (χ1v) is 8.14. The first-order chi connectivity index (χ1) is 14.2. The van der Waals surface area contributed by atoms with Gasteiger partial charge in [-0.05, 0) is 12.1 Å². The van der Waals surface area contributed by atoms with Crippen LogP contribution in [-0.4, -0.2) is 38.5 Å². The zero-order chi connectivity index (χ0) is 22.0. The molecule has 0 saturated carbocycles. The molecule has 13 heteroatoms. The SMILES string of the molecule is O=C(Nc1cccc([N+](=O)[O-])c1)[C@@H]1C(=O)N(c2cccc([N+](=O)[O-])c2)C(=O)/C1=N/O. The van der Waals surface area contributed by atoms with Crippen molar-refractivity contribution in [1.82, 2.24) is 0 Å². The number of rotatable bonds is 5. The minimum absolute atomic E-state index is 0.0273. The molecule has 13 nitrogen and oxygen atoms in total. The van der Waals surface area contributed by atoms with Crippen LogP contribution in [0.4, 0.5) is 22.7 Å². The van der Waals surface area contributed by atoms with Gasteiger partial charge in [0.1, 0.15) is 0 Å². The van der Waals surface area contributed by atoms with E-state index >= 15 is 0 Å². The van der Waals surface area contributed by atoms with Crippen LogP contribution >= 0.6 is 0 Å². The quantitative estimate of drug-likeness (QED) is 0.242.